The Kier molecular flexibility index (Phi) is 5.04. The van der Waals surface area contributed by atoms with Crippen molar-refractivity contribution in [2.45, 2.75) is 20.5 Å². The average Bonchev–Trinajstić information content (AvgIpc) is 2.94. The fourth-order valence-electron chi connectivity index (χ4n) is 2.47. The Morgan fingerprint density at radius 1 is 1.12 bits per heavy atom. The lowest BCUT2D eigenvalue weighted by Crippen LogP contribution is -2.12. The van der Waals surface area contributed by atoms with Gasteiger partial charge in [-0.05, 0) is 43.7 Å². The second-order valence-corrected chi connectivity index (χ2v) is 5.85. The van der Waals surface area contributed by atoms with Gasteiger partial charge in [0.1, 0.15) is 29.7 Å². The van der Waals surface area contributed by atoms with Gasteiger partial charge < -0.3 is 9.15 Å². The summed E-state index contributed by atoms with van der Waals surface area (Å²) in [6.45, 7) is 4.00. The molecule has 0 aliphatic heterocycles. The Labute approximate surface area is 151 Å². The SMILES string of the molecule is Cc1oc(NC(=O)c2ccc(OCc3ccccc3)cc2)c(C#N)c1C. The molecule has 0 saturated heterocycles. The lowest BCUT2D eigenvalue weighted by molar-refractivity contribution is 0.102. The van der Waals surface area contributed by atoms with E-state index in [1.807, 2.05) is 30.3 Å². The Morgan fingerprint density at radius 3 is 2.46 bits per heavy atom. The number of nitrogens with one attached hydrogen (secondary N) is 1. The van der Waals surface area contributed by atoms with E-state index < -0.39 is 0 Å². The largest absolute Gasteiger partial charge is 0.489 e. The molecular formula is C21H18N2O3. The first-order valence-corrected chi connectivity index (χ1v) is 8.16. The molecule has 0 unspecified atom stereocenters. The van der Waals surface area contributed by atoms with Gasteiger partial charge in [0.15, 0.2) is 0 Å². The number of ether oxygens (including phenoxy) is 1. The molecule has 0 bridgehead atoms. The van der Waals surface area contributed by atoms with Crippen molar-refractivity contribution in [1.82, 2.24) is 0 Å². The number of benzene rings is 2. The molecule has 1 heterocycles. The molecule has 3 aromatic rings. The Balaban J connectivity index is 1.66. The van der Waals surface area contributed by atoms with Crippen LogP contribution in [0.25, 0.3) is 0 Å². The lowest BCUT2D eigenvalue weighted by Gasteiger charge is -2.07. The van der Waals surface area contributed by atoms with Gasteiger partial charge in [0, 0.05) is 11.1 Å². The summed E-state index contributed by atoms with van der Waals surface area (Å²) in [6.07, 6.45) is 0. The van der Waals surface area contributed by atoms with E-state index in [1.165, 1.54) is 0 Å². The van der Waals surface area contributed by atoms with E-state index >= 15 is 0 Å². The number of hydrogen-bond acceptors (Lipinski definition) is 4. The molecule has 5 nitrogen and oxygen atoms in total. The first-order chi connectivity index (χ1) is 12.6. The molecule has 3 rings (SSSR count). The number of carbonyl (C=O) groups excluding carboxylic acids is 1. The van der Waals surface area contributed by atoms with Gasteiger partial charge in [-0.25, -0.2) is 0 Å². The van der Waals surface area contributed by atoms with E-state index in [0.717, 1.165) is 11.1 Å². The summed E-state index contributed by atoms with van der Waals surface area (Å²) in [5.41, 5.74) is 2.60. The summed E-state index contributed by atoms with van der Waals surface area (Å²) in [5, 5.41) is 11.9. The number of anilines is 1. The molecule has 0 saturated carbocycles. The fourth-order valence-corrected chi connectivity index (χ4v) is 2.47. The highest BCUT2D eigenvalue weighted by Crippen LogP contribution is 2.26. The van der Waals surface area contributed by atoms with Crippen molar-refractivity contribution in [2.24, 2.45) is 0 Å². The van der Waals surface area contributed by atoms with Crippen molar-refractivity contribution < 1.29 is 13.9 Å². The molecular weight excluding hydrogens is 328 g/mol. The van der Waals surface area contributed by atoms with Gasteiger partial charge in [0.2, 0.25) is 5.88 Å². The highest BCUT2D eigenvalue weighted by molar-refractivity contribution is 6.04. The fraction of sp³-hybridized carbons (Fsp3) is 0.143. The van der Waals surface area contributed by atoms with Gasteiger partial charge in [-0.1, -0.05) is 30.3 Å². The van der Waals surface area contributed by atoms with Crippen LogP contribution in [0, 0.1) is 25.2 Å². The van der Waals surface area contributed by atoms with E-state index in [2.05, 4.69) is 11.4 Å². The molecule has 0 aliphatic carbocycles. The zero-order chi connectivity index (χ0) is 18.5. The van der Waals surface area contributed by atoms with Gasteiger partial charge in [0.05, 0.1) is 0 Å². The summed E-state index contributed by atoms with van der Waals surface area (Å²) in [6, 6.07) is 18.7. The third-order valence-corrected chi connectivity index (χ3v) is 4.09. The molecule has 1 N–H and O–H groups in total. The number of carbonyl (C=O) groups is 1. The average molecular weight is 346 g/mol. The van der Waals surface area contributed by atoms with Crippen LogP contribution in [0.4, 0.5) is 5.88 Å². The number of amides is 1. The monoisotopic (exact) mass is 346 g/mol. The number of nitrogens with zero attached hydrogens (tertiary/aromatic N) is 1. The van der Waals surface area contributed by atoms with Crippen LogP contribution in [0.2, 0.25) is 0 Å². The molecule has 2 aromatic carbocycles. The Hall–Kier alpha value is -3.52. The first kappa shape index (κ1) is 17.3. The van der Waals surface area contributed by atoms with E-state index in [-0.39, 0.29) is 11.8 Å². The third kappa shape index (κ3) is 3.76. The Bertz CT molecular complexity index is 951. The van der Waals surface area contributed by atoms with Crippen LogP contribution in [0.1, 0.15) is 32.8 Å². The summed E-state index contributed by atoms with van der Waals surface area (Å²) >= 11 is 0. The van der Waals surface area contributed by atoms with E-state index in [9.17, 15) is 10.1 Å². The van der Waals surface area contributed by atoms with Crippen LogP contribution in [0.15, 0.2) is 59.0 Å². The van der Waals surface area contributed by atoms with Crippen molar-refractivity contribution in [1.29, 1.82) is 5.26 Å². The minimum Gasteiger partial charge on any atom is -0.489 e. The zero-order valence-corrected chi connectivity index (χ0v) is 14.6. The van der Waals surface area contributed by atoms with Crippen LogP contribution in [-0.2, 0) is 6.61 Å². The van der Waals surface area contributed by atoms with Gasteiger partial charge in [-0.3, -0.25) is 10.1 Å². The normalized spacial score (nSPS) is 10.2. The van der Waals surface area contributed by atoms with Crippen LogP contribution in [0.3, 0.4) is 0 Å². The number of nitriles is 1. The van der Waals surface area contributed by atoms with Gasteiger partial charge >= 0.3 is 0 Å². The van der Waals surface area contributed by atoms with Crippen molar-refractivity contribution in [3.63, 3.8) is 0 Å². The van der Waals surface area contributed by atoms with Crippen LogP contribution in [-0.4, -0.2) is 5.91 Å². The van der Waals surface area contributed by atoms with E-state index in [1.54, 1.807) is 38.1 Å². The van der Waals surface area contributed by atoms with Crippen LogP contribution >= 0.6 is 0 Å². The van der Waals surface area contributed by atoms with Crippen molar-refractivity contribution in [2.75, 3.05) is 5.32 Å². The summed E-state index contributed by atoms with van der Waals surface area (Å²) < 4.78 is 11.2. The number of aryl methyl sites for hydroxylation is 1. The number of furan rings is 1. The summed E-state index contributed by atoms with van der Waals surface area (Å²) in [7, 11) is 0. The molecule has 130 valence electrons. The molecule has 0 aliphatic rings. The first-order valence-electron chi connectivity index (χ1n) is 8.16. The van der Waals surface area contributed by atoms with Gasteiger partial charge in [-0.15, -0.1) is 0 Å². The topological polar surface area (TPSA) is 75.3 Å². The predicted octanol–water partition coefficient (Wildman–Crippen LogP) is 4.60. The molecule has 0 radical (unpaired) electrons. The van der Waals surface area contributed by atoms with Crippen LogP contribution in [0.5, 0.6) is 5.75 Å². The van der Waals surface area contributed by atoms with Crippen LogP contribution < -0.4 is 10.1 Å². The Morgan fingerprint density at radius 2 is 1.81 bits per heavy atom. The van der Waals surface area contributed by atoms with E-state index in [4.69, 9.17) is 9.15 Å². The standard InChI is InChI=1S/C21H18N2O3/c1-14-15(2)26-21(19(14)12-22)23-20(24)17-8-10-18(11-9-17)25-13-16-6-4-3-5-7-16/h3-11H,13H2,1-2H3,(H,23,24). The van der Waals surface area contributed by atoms with Crippen molar-refractivity contribution in [3.05, 3.63) is 82.6 Å². The second-order valence-electron chi connectivity index (χ2n) is 5.85. The van der Waals surface area contributed by atoms with Crippen molar-refractivity contribution >= 4 is 11.8 Å². The maximum Gasteiger partial charge on any atom is 0.258 e. The second kappa shape index (κ2) is 7.58. The number of rotatable bonds is 5. The third-order valence-electron chi connectivity index (χ3n) is 4.09. The smallest absolute Gasteiger partial charge is 0.258 e. The molecule has 1 aromatic heterocycles. The summed E-state index contributed by atoms with van der Waals surface area (Å²) in [5.74, 6) is 1.12. The maximum atomic E-state index is 12.4. The maximum absolute atomic E-state index is 12.4. The molecule has 5 heteroatoms. The quantitative estimate of drug-likeness (QED) is 0.732. The molecule has 0 fully saturated rings. The minimum absolute atomic E-state index is 0.178. The lowest BCUT2D eigenvalue weighted by atomic mass is 10.1. The molecule has 0 atom stereocenters. The molecule has 0 spiro atoms. The predicted molar refractivity (Wildman–Crippen MR) is 98.1 cm³/mol. The van der Waals surface area contributed by atoms with Gasteiger partial charge in [0.25, 0.3) is 5.91 Å². The highest BCUT2D eigenvalue weighted by Gasteiger charge is 2.17. The van der Waals surface area contributed by atoms with E-state index in [0.29, 0.717) is 29.2 Å². The summed E-state index contributed by atoms with van der Waals surface area (Å²) in [4.78, 5) is 12.4. The number of hydrogen-bond donors (Lipinski definition) is 1. The zero-order valence-electron chi connectivity index (χ0n) is 14.6. The van der Waals surface area contributed by atoms with Crippen molar-refractivity contribution in [3.8, 4) is 11.8 Å². The minimum atomic E-state index is -0.343. The highest BCUT2D eigenvalue weighted by atomic mass is 16.5. The molecule has 26 heavy (non-hydrogen) atoms. The molecule has 1 amide bonds. The van der Waals surface area contributed by atoms with Gasteiger partial charge in [-0.2, -0.15) is 5.26 Å².